The number of nitrogens with one attached hydrogen (secondary N) is 2. The molecule has 2 aromatic carbocycles. The van der Waals surface area contributed by atoms with E-state index >= 15 is 0 Å². The summed E-state index contributed by atoms with van der Waals surface area (Å²) in [5.41, 5.74) is 1.07. The van der Waals surface area contributed by atoms with Crippen molar-refractivity contribution >= 4 is 33.2 Å². The second-order valence-corrected chi connectivity index (χ2v) is 7.75. The molecule has 8 nitrogen and oxygen atoms in total. The molecule has 0 heterocycles. The fraction of sp³-hybridized carbons (Fsp3) is 0.211. The molecule has 0 aliphatic rings. The number of nitrogens with zero attached hydrogens (tertiary/aromatic N) is 2. The highest BCUT2D eigenvalue weighted by Gasteiger charge is 2.27. The third-order valence-electron chi connectivity index (χ3n) is 3.79. The van der Waals surface area contributed by atoms with Gasteiger partial charge in [-0.1, -0.05) is 19.1 Å². The van der Waals surface area contributed by atoms with Crippen molar-refractivity contribution in [3.05, 3.63) is 54.1 Å². The zero-order valence-corrected chi connectivity index (χ0v) is 16.3. The monoisotopic (exact) mass is 400 g/mol. The Morgan fingerprint density at radius 2 is 1.61 bits per heavy atom. The van der Waals surface area contributed by atoms with E-state index in [0.29, 0.717) is 11.4 Å². The summed E-state index contributed by atoms with van der Waals surface area (Å²) in [7, 11) is -4.00. The van der Waals surface area contributed by atoms with Crippen molar-refractivity contribution in [2.45, 2.75) is 18.7 Å². The minimum absolute atomic E-state index is 0.0231. The number of hydrogen-bond acceptors (Lipinski definition) is 5. The molecule has 28 heavy (non-hydrogen) atoms. The van der Waals surface area contributed by atoms with E-state index in [0.717, 1.165) is 4.31 Å². The van der Waals surface area contributed by atoms with Gasteiger partial charge in [-0.15, -0.1) is 0 Å². The number of nitriles is 1. The van der Waals surface area contributed by atoms with Gasteiger partial charge in [0.1, 0.15) is 6.07 Å². The van der Waals surface area contributed by atoms with Crippen molar-refractivity contribution in [2.24, 2.45) is 0 Å². The van der Waals surface area contributed by atoms with Gasteiger partial charge in [-0.3, -0.25) is 9.59 Å². The number of rotatable bonds is 7. The van der Waals surface area contributed by atoms with Crippen molar-refractivity contribution < 1.29 is 18.0 Å². The zero-order chi connectivity index (χ0) is 20.7. The zero-order valence-electron chi connectivity index (χ0n) is 15.5. The van der Waals surface area contributed by atoms with Crippen LogP contribution in [-0.4, -0.2) is 37.6 Å². The van der Waals surface area contributed by atoms with Gasteiger partial charge in [0.15, 0.2) is 0 Å². The molecule has 2 N–H and O–H groups in total. The lowest BCUT2D eigenvalue weighted by molar-refractivity contribution is -0.116. The quantitative estimate of drug-likeness (QED) is 0.738. The second-order valence-electron chi connectivity index (χ2n) is 5.85. The Bertz CT molecular complexity index is 1010. The van der Waals surface area contributed by atoms with Gasteiger partial charge in [0.05, 0.1) is 17.0 Å². The molecule has 2 amide bonds. The van der Waals surface area contributed by atoms with Crippen LogP contribution in [0.25, 0.3) is 0 Å². The van der Waals surface area contributed by atoms with Gasteiger partial charge in [-0.05, 0) is 36.4 Å². The highest BCUT2D eigenvalue weighted by atomic mass is 32.2. The Hall–Kier alpha value is -3.22. The first-order valence-electron chi connectivity index (χ1n) is 8.44. The number of amides is 2. The predicted octanol–water partition coefficient (Wildman–Crippen LogP) is 2.17. The van der Waals surface area contributed by atoms with Gasteiger partial charge < -0.3 is 10.6 Å². The topological polar surface area (TPSA) is 119 Å². The van der Waals surface area contributed by atoms with Crippen molar-refractivity contribution in [3.63, 3.8) is 0 Å². The fourth-order valence-corrected chi connectivity index (χ4v) is 4.04. The number of anilines is 2. The molecule has 0 aliphatic heterocycles. The highest BCUT2D eigenvalue weighted by Crippen LogP contribution is 2.20. The van der Waals surface area contributed by atoms with E-state index in [1.165, 1.54) is 25.1 Å². The van der Waals surface area contributed by atoms with Crippen LogP contribution < -0.4 is 10.6 Å². The van der Waals surface area contributed by atoms with Crippen LogP contribution in [0, 0.1) is 11.3 Å². The van der Waals surface area contributed by atoms with E-state index < -0.39 is 22.5 Å². The number of carbonyl (C=O) groups excluding carboxylic acids is 2. The van der Waals surface area contributed by atoms with E-state index in [9.17, 15) is 18.0 Å². The number of benzene rings is 2. The van der Waals surface area contributed by atoms with Gasteiger partial charge in [0.25, 0.3) is 0 Å². The highest BCUT2D eigenvalue weighted by molar-refractivity contribution is 7.89. The molecule has 0 saturated carbocycles. The molecule has 2 aromatic rings. The molecule has 0 atom stereocenters. The van der Waals surface area contributed by atoms with Crippen molar-refractivity contribution in [3.8, 4) is 6.07 Å². The molecule has 0 aliphatic carbocycles. The van der Waals surface area contributed by atoms with Crippen molar-refractivity contribution in [1.29, 1.82) is 5.26 Å². The fourth-order valence-electron chi connectivity index (χ4n) is 2.49. The van der Waals surface area contributed by atoms with E-state index in [1.807, 2.05) is 6.07 Å². The lowest BCUT2D eigenvalue weighted by atomic mass is 10.2. The third kappa shape index (κ3) is 5.16. The standard InChI is InChI=1S/C19H20N4O4S/c1-3-23(28(26,27)18-7-5-4-6-15(18)12-20)13-19(25)22-17-10-8-16(9-11-17)21-14(2)24/h4-11H,3,13H2,1-2H3,(H,21,24)(H,22,25). The predicted molar refractivity (Wildman–Crippen MR) is 105 cm³/mol. The number of likely N-dealkylation sites (N-methyl/N-ethyl adjacent to an activating group) is 1. The minimum Gasteiger partial charge on any atom is -0.326 e. The van der Waals surface area contributed by atoms with Crippen LogP contribution in [0.3, 0.4) is 0 Å². The molecule has 0 aromatic heterocycles. The Morgan fingerprint density at radius 3 is 2.14 bits per heavy atom. The summed E-state index contributed by atoms with van der Waals surface area (Å²) in [5, 5.41) is 14.4. The molecule has 0 bridgehead atoms. The summed E-state index contributed by atoms with van der Waals surface area (Å²) in [6.45, 7) is 2.67. The maximum absolute atomic E-state index is 12.8. The lowest BCUT2D eigenvalue weighted by Crippen LogP contribution is -2.38. The molecular formula is C19H20N4O4S. The average molecular weight is 400 g/mol. The van der Waals surface area contributed by atoms with E-state index in [2.05, 4.69) is 10.6 Å². The number of hydrogen-bond donors (Lipinski definition) is 2. The van der Waals surface area contributed by atoms with Crippen LogP contribution in [0.15, 0.2) is 53.4 Å². The van der Waals surface area contributed by atoms with E-state index in [-0.39, 0.29) is 22.9 Å². The van der Waals surface area contributed by atoms with Crippen LogP contribution in [0.1, 0.15) is 19.4 Å². The number of sulfonamides is 1. The Kier molecular flexibility index (Phi) is 6.87. The van der Waals surface area contributed by atoms with E-state index in [4.69, 9.17) is 5.26 Å². The molecule has 0 saturated heterocycles. The average Bonchev–Trinajstić information content (AvgIpc) is 2.67. The van der Waals surface area contributed by atoms with Crippen LogP contribution >= 0.6 is 0 Å². The number of carbonyl (C=O) groups is 2. The molecule has 0 radical (unpaired) electrons. The molecule has 0 fully saturated rings. The molecule has 9 heteroatoms. The maximum atomic E-state index is 12.8. The van der Waals surface area contributed by atoms with Crippen LogP contribution in [0.5, 0.6) is 0 Å². The first-order valence-corrected chi connectivity index (χ1v) is 9.88. The molecule has 2 rings (SSSR count). The summed E-state index contributed by atoms with van der Waals surface area (Å²) in [6.07, 6.45) is 0. The van der Waals surface area contributed by atoms with Crippen molar-refractivity contribution in [2.75, 3.05) is 23.7 Å². The first kappa shape index (κ1) is 21.1. The summed E-state index contributed by atoms with van der Waals surface area (Å²) >= 11 is 0. The van der Waals surface area contributed by atoms with Crippen molar-refractivity contribution in [1.82, 2.24) is 4.31 Å². The third-order valence-corrected chi connectivity index (χ3v) is 5.77. The Labute approximate surface area is 163 Å². The normalized spacial score (nSPS) is 10.9. The van der Waals surface area contributed by atoms with Crippen LogP contribution in [-0.2, 0) is 19.6 Å². The van der Waals surface area contributed by atoms with Gasteiger partial charge in [-0.25, -0.2) is 8.42 Å². The molecule has 146 valence electrons. The van der Waals surface area contributed by atoms with Gasteiger partial charge in [0.2, 0.25) is 21.8 Å². The van der Waals surface area contributed by atoms with Crippen LogP contribution in [0.4, 0.5) is 11.4 Å². The van der Waals surface area contributed by atoms with E-state index in [1.54, 1.807) is 37.3 Å². The Morgan fingerprint density at radius 1 is 1.04 bits per heavy atom. The van der Waals surface area contributed by atoms with Gasteiger partial charge in [0, 0.05) is 24.8 Å². The van der Waals surface area contributed by atoms with Gasteiger partial charge >= 0.3 is 0 Å². The summed E-state index contributed by atoms with van der Waals surface area (Å²) in [6, 6.07) is 14.1. The van der Waals surface area contributed by atoms with Crippen LogP contribution in [0.2, 0.25) is 0 Å². The minimum atomic E-state index is -4.00. The molecular weight excluding hydrogens is 380 g/mol. The largest absolute Gasteiger partial charge is 0.326 e. The molecule has 0 unspecified atom stereocenters. The molecule has 0 spiro atoms. The first-order chi connectivity index (χ1) is 13.3. The van der Waals surface area contributed by atoms with Gasteiger partial charge in [-0.2, -0.15) is 9.57 Å². The lowest BCUT2D eigenvalue weighted by Gasteiger charge is -2.20. The summed E-state index contributed by atoms with van der Waals surface area (Å²) < 4.78 is 26.7. The SMILES string of the molecule is CCN(CC(=O)Nc1ccc(NC(C)=O)cc1)S(=O)(=O)c1ccccc1C#N. The second kappa shape index (κ2) is 9.12. The smallest absolute Gasteiger partial charge is 0.244 e. The maximum Gasteiger partial charge on any atom is 0.244 e. The summed E-state index contributed by atoms with van der Waals surface area (Å²) in [5.74, 6) is -0.731. The summed E-state index contributed by atoms with van der Waals surface area (Å²) in [4.78, 5) is 23.2. The Balaban J connectivity index is 2.12.